The number of hydrogen-bond donors (Lipinski definition) is 0. The van der Waals surface area contributed by atoms with Gasteiger partial charge < -0.3 is 9.90 Å². The molecule has 0 saturated heterocycles. The van der Waals surface area contributed by atoms with Gasteiger partial charge in [-0.05, 0) is 55.6 Å². The summed E-state index contributed by atoms with van der Waals surface area (Å²) in [6, 6.07) is 0. The molecule has 0 aromatic carbocycles. The summed E-state index contributed by atoms with van der Waals surface area (Å²) >= 11 is 0. The Morgan fingerprint density at radius 3 is 2.56 bits per heavy atom. The van der Waals surface area contributed by atoms with Crippen molar-refractivity contribution in [1.29, 1.82) is 0 Å². The summed E-state index contributed by atoms with van der Waals surface area (Å²) in [4.78, 5) is 13.3. The minimum Gasteiger partial charge on any atom is -0.550 e. The van der Waals surface area contributed by atoms with Crippen LogP contribution in [0.4, 0.5) is 0 Å². The number of tetrazole rings is 1. The number of aromatic nitrogens is 4. The Morgan fingerprint density at radius 2 is 2.00 bits per heavy atom. The minimum absolute atomic E-state index is 0.222. The van der Waals surface area contributed by atoms with Crippen LogP contribution in [0.15, 0.2) is 6.33 Å². The maximum Gasteiger partial charge on any atom is 0.162 e. The van der Waals surface area contributed by atoms with Gasteiger partial charge in [-0.3, -0.25) is 0 Å². The van der Waals surface area contributed by atoms with Crippen molar-refractivity contribution in [2.75, 3.05) is 0 Å². The lowest BCUT2D eigenvalue weighted by atomic mass is 9.47. The summed E-state index contributed by atoms with van der Waals surface area (Å²) in [6.07, 6.45) is 6.76. The molecule has 0 N–H and O–H groups in total. The Bertz CT molecular complexity index is 484. The molecule has 0 spiro atoms. The topological polar surface area (TPSA) is 83.7 Å². The van der Waals surface area contributed by atoms with Crippen LogP contribution in [-0.2, 0) is 10.3 Å². The number of hydrogen-bond acceptors (Lipinski definition) is 5. The van der Waals surface area contributed by atoms with E-state index >= 15 is 0 Å². The van der Waals surface area contributed by atoms with Crippen molar-refractivity contribution in [3.63, 3.8) is 0 Å². The van der Waals surface area contributed by atoms with Gasteiger partial charge >= 0.3 is 0 Å². The first-order valence-electron chi connectivity index (χ1n) is 6.57. The maximum atomic E-state index is 11.6. The van der Waals surface area contributed by atoms with Gasteiger partial charge in [0.25, 0.3) is 0 Å². The van der Waals surface area contributed by atoms with Crippen LogP contribution in [-0.4, -0.2) is 26.2 Å². The predicted octanol–water partition coefficient (Wildman–Crippen LogP) is -0.282. The van der Waals surface area contributed by atoms with Gasteiger partial charge in [0, 0.05) is 11.4 Å². The average molecular weight is 247 g/mol. The number of carboxylic acid groups (broad SMARTS) is 1. The Kier molecular flexibility index (Phi) is 1.80. The SMILES string of the molecule is O=C([O-])C12C[C@H]3C[C@@H](C1)CC(n1ncnn1)(C3)C2. The summed E-state index contributed by atoms with van der Waals surface area (Å²) < 4.78 is 0. The lowest BCUT2D eigenvalue weighted by molar-refractivity contribution is -0.329. The molecule has 4 saturated carbocycles. The van der Waals surface area contributed by atoms with E-state index in [-0.39, 0.29) is 5.54 Å². The second kappa shape index (κ2) is 3.10. The van der Waals surface area contributed by atoms with Crippen LogP contribution in [0.3, 0.4) is 0 Å². The number of nitrogens with zero attached hydrogens (tertiary/aromatic N) is 4. The van der Waals surface area contributed by atoms with E-state index in [1.165, 1.54) is 6.33 Å². The Labute approximate surface area is 104 Å². The van der Waals surface area contributed by atoms with E-state index in [0.29, 0.717) is 18.3 Å². The fourth-order valence-corrected chi connectivity index (χ4v) is 5.07. The third-order valence-electron chi connectivity index (χ3n) is 5.24. The minimum atomic E-state index is -0.874. The molecule has 4 aliphatic carbocycles. The Morgan fingerprint density at radius 1 is 1.28 bits per heavy atom. The van der Waals surface area contributed by atoms with E-state index in [1.807, 2.05) is 0 Å². The highest BCUT2D eigenvalue weighted by Crippen LogP contribution is 2.63. The molecule has 6 heteroatoms. The first kappa shape index (κ1) is 10.5. The Hall–Kier alpha value is -1.46. The molecule has 2 unspecified atom stereocenters. The molecule has 0 radical (unpaired) electrons. The second-order valence-corrected chi connectivity index (χ2v) is 6.48. The molecule has 0 aliphatic heterocycles. The normalized spacial score (nSPS) is 45.3. The average Bonchev–Trinajstić information content (AvgIpc) is 2.80. The van der Waals surface area contributed by atoms with Crippen molar-refractivity contribution in [1.82, 2.24) is 20.2 Å². The highest BCUT2D eigenvalue weighted by atomic mass is 16.4. The fraction of sp³-hybridized carbons (Fsp3) is 0.833. The lowest BCUT2D eigenvalue weighted by Gasteiger charge is -2.61. The second-order valence-electron chi connectivity index (χ2n) is 6.48. The number of carboxylic acids is 1. The molecule has 96 valence electrons. The molecule has 4 atom stereocenters. The predicted molar refractivity (Wildman–Crippen MR) is 57.9 cm³/mol. The van der Waals surface area contributed by atoms with Crippen molar-refractivity contribution in [3.05, 3.63) is 6.33 Å². The Balaban J connectivity index is 1.81. The zero-order valence-electron chi connectivity index (χ0n) is 10.1. The first-order valence-corrected chi connectivity index (χ1v) is 6.57. The van der Waals surface area contributed by atoms with Gasteiger partial charge in [-0.15, -0.1) is 10.2 Å². The van der Waals surface area contributed by atoms with E-state index < -0.39 is 11.4 Å². The quantitative estimate of drug-likeness (QED) is 0.717. The molecule has 5 rings (SSSR count). The van der Waals surface area contributed by atoms with Crippen LogP contribution < -0.4 is 5.11 Å². The molecule has 4 aliphatic rings. The third kappa shape index (κ3) is 1.18. The van der Waals surface area contributed by atoms with Crippen molar-refractivity contribution in [2.45, 2.75) is 44.1 Å². The molecule has 6 nitrogen and oxygen atoms in total. The van der Waals surface area contributed by atoms with Crippen molar-refractivity contribution < 1.29 is 9.90 Å². The van der Waals surface area contributed by atoms with E-state index in [2.05, 4.69) is 15.4 Å². The van der Waals surface area contributed by atoms with E-state index in [1.54, 1.807) is 4.80 Å². The molecule has 18 heavy (non-hydrogen) atoms. The van der Waals surface area contributed by atoms with E-state index in [4.69, 9.17) is 0 Å². The number of rotatable bonds is 2. The summed E-state index contributed by atoms with van der Waals surface area (Å²) in [5.41, 5.74) is -0.863. The van der Waals surface area contributed by atoms with Crippen LogP contribution in [0.2, 0.25) is 0 Å². The summed E-state index contributed by atoms with van der Waals surface area (Å²) in [5.74, 6) is 0.0893. The highest BCUT2D eigenvalue weighted by Gasteiger charge is 2.60. The van der Waals surface area contributed by atoms with Gasteiger partial charge in [-0.1, -0.05) is 0 Å². The molecule has 4 bridgehead atoms. The third-order valence-corrected chi connectivity index (χ3v) is 5.24. The van der Waals surface area contributed by atoms with E-state index in [9.17, 15) is 9.90 Å². The number of carbonyl (C=O) groups is 1. The van der Waals surface area contributed by atoms with Crippen molar-refractivity contribution in [3.8, 4) is 0 Å². The number of carbonyl (C=O) groups excluding carboxylic acids is 1. The van der Waals surface area contributed by atoms with Crippen LogP contribution >= 0.6 is 0 Å². The van der Waals surface area contributed by atoms with Gasteiger partial charge in [0.05, 0.1) is 5.54 Å². The van der Waals surface area contributed by atoms with Crippen LogP contribution in [0.1, 0.15) is 38.5 Å². The monoisotopic (exact) mass is 247 g/mol. The molecular weight excluding hydrogens is 232 g/mol. The van der Waals surface area contributed by atoms with E-state index in [0.717, 1.165) is 32.1 Å². The van der Waals surface area contributed by atoms with Crippen LogP contribution in [0.5, 0.6) is 0 Å². The van der Waals surface area contributed by atoms with Crippen LogP contribution in [0.25, 0.3) is 0 Å². The molecular formula is C12H15N4O2-. The summed E-state index contributed by atoms with van der Waals surface area (Å²) in [6.45, 7) is 0. The fourth-order valence-electron chi connectivity index (χ4n) is 5.07. The van der Waals surface area contributed by atoms with Crippen molar-refractivity contribution in [2.24, 2.45) is 17.3 Å². The first-order chi connectivity index (χ1) is 8.62. The van der Waals surface area contributed by atoms with Crippen molar-refractivity contribution >= 4 is 5.97 Å². The molecule has 4 fully saturated rings. The lowest BCUT2D eigenvalue weighted by Crippen LogP contribution is -2.61. The standard InChI is InChI=1S/C12H16N4O2/c17-10(18)11-2-8-1-9(3-11)5-12(4-8,6-11)16-14-7-13-15-16/h7-9H,1-6H2,(H,17,18)/p-1/t8-,9+,11?,12?. The zero-order valence-corrected chi connectivity index (χ0v) is 10.1. The van der Waals surface area contributed by atoms with Gasteiger partial charge in [-0.2, -0.15) is 4.80 Å². The zero-order chi connectivity index (χ0) is 12.4. The summed E-state index contributed by atoms with van der Waals surface area (Å²) in [5, 5.41) is 23.6. The van der Waals surface area contributed by atoms with Gasteiger partial charge in [0.2, 0.25) is 0 Å². The molecule has 1 aromatic rings. The number of aliphatic carboxylic acids is 1. The van der Waals surface area contributed by atoms with Gasteiger partial charge in [0.1, 0.15) is 0 Å². The summed E-state index contributed by atoms with van der Waals surface area (Å²) in [7, 11) is 0. The molecule has 1 heterocycles. The molecule has 0 amide bonds. The van der Waals surface area contributed by atoms with Gasteiger partial charge in [-0.25, -0.2) is 0 Å². The highest BCUT2D eigenvalue weighted by molar-refractivity contribution is 5.73. The van der Waals surface area contributed by atoms with Crippen LogP contribution in [0, 0.1) is 17.3 Å². The maximum absolute atomic E-state index is 11.6. The molecule has 1 aromatic heterocycles. The van der Waals surface area contributed by atoms with Gasteiger partial charge in [0.15, 0.2) is 6.33 Å². The smallest absolute Gasteiger partial charge is 0.162 e. The largest absolute Gasteiger partial charge is 0.550 e.